The van der Waals surface area contributed by atoms with E-state index in [1.165, 1.54) is 7.05 Å². The van der Waals surface area contributed by atoms with Crippen LogP contribution in [0.2, 0.25) is 0 Å². The minimum atomic E-state index is -4.74. The molecule has 0 unspecified atom stereocenters. The van der Waals surface area contributed by atoms with E-state index in [0.29, 0.717) is 6.07 Å². The zero-order valence-corrected chi connectivity index (χ0v) is 11.0. The number of alkyl halides is 6. The first-order valence-corrected chi connectivity index (χ1v) is 6.10. The van der Waals surface area contributed by atoms with Crippen molar-refractivity contribution in [1.82, 2.24) is 15.0 Å². The molecule has 2 aromatic heterocycles. The lowest BCUT2D eigenvalue weighted by Crippen LogP contribution is -2.11. The summed E-state index contributed by atoms with van der Waals surface area (Å²) in [6.07, 6.45) is -8.56. The molecule has 0 saturated heterocycles. The molecule has 21 heavy (non-hydrogen) atoms. The molecule has 2 aromatic rings. The minimum absolute atomic E-state index is 0.133. The van der Waals surface area contributed by atoms with Gasteiger partial charge in [0.2, 0.25) is 5.95 Å². The van der Waals surface area contributed by atoms with Gasteiger partial charge in [0.1, 0.15) is 0 Å². The molecular formula is C10H6F6N4S. The summed E-state index contributed by atoms with van der Waals surface area (Å²) in [6.45, 7) is 0. The van der Waals surface area contributed by atoms with E-state index in [9.17, 15) is 26.3 Å². The minimum Gasteiger partial charge on any atom is -0.357 e. The summed E-state index contributed by atoms with van der Waals surface area (Å²) in [5.74, 6) is -0.346. The van der Waals surface area contributed by atoms with Crippen LogP contribution in [0.5, 0.6) is 0 Å². The number of nitrogens with one attached hydrogen (secondary N) is 1. The van der Waals surface area contributed by atoms with Gasteiger partial charge in [0, 0.05) is 13.2 Å². The first kappa shape index (κ1) is 15.5. The Morgan fingerprint density at radius 2 is 1.71 bits per heavy atom. The first-order valence-electron chi connectivity index (χ1n) is 5.28. The molecule has 0 bridgehead atoms. The molecule has 0 spiro atoms. The summed E-state index contributed by atoms with van der Waals surface area (Å²) in [6, 6.07) is 0.578. The molecular weight excluding hydrogens is 322 g/mol. The van der Waals surface area contributed by atoms with Crippen LogP contribution in [0, 0.1) is 0 Å². The van der Waals surface area contributed by atoms with Crippen molar-refractivity contribution in [3.63, 3.8) is 0 Å². The van der Waals surface area contributed by atoms with Crippen LogP contribution in [0.3, 0.4) is 0 Å². The second kappa shape index (κ2) is 5.13. The fraction of sp³-hybridized carbons (Fsp3) is 0.300. The molecule has 0 aliphatic heterocycles. The standard InChI is InChI=1S/C10H6F6N4S/c1-17-8-19-4(2-6(20-8)9(11,12)13)5-3-18-7(21-5)10(14,15)16/h2-3H,1H3,(H,17,19,20). The third-order valence-electron chi connectivity index (χ3n) is 2.24. The molecule has 0 aliphatic carbocycles. The summed E-state index contributed by atoms with van der Waals surface area (Å²) in [5, 5.41) is 1.17. The highest BCUT2D eigenvalue weighted by Gasteiger charge is 2.36. The summed E-state index contributed by atoms with van der Waals surface area (Å²) in [5.41, 5.74) is -1.53. The Morgan fingerprint density at radius 1 is 1.05 bits per heavy atom. The molecule has 2 heterocycles. The molecule has 114 valence electrons. The Balaban J connectivity index is 2.51. The van der Waals surface area contributed by atoms with Crippen molar-refractivity contribution in [2.45, 2.75) is 12.4 Å². The number of aromatic nitrogens is 3. The van der Waals surface area contributed by atoms with Crippen LogP contribution in [0.4, 0.5) is 32.3 Å². The zero-order chi connectivity index (χ0) is 15.8. The molecule has 0 fully saturated rings. The number of nitrogens with zero attached hydrogens (tertiary/aromatic N) is 3. The molecule has 1 N–H and O–H groups in total. The van der Waals surface area contributed by atoms with Gasteiger partial charge in [0.15, 0.2) is 10.7 Å². The second-order valence-electron chi connectivity index (χ2n) is 3.74. The van der Waals surface area contributed by atoms with E-state index in [0.717, 1.165) is 6.20 Å². The van der Waals surface area contributed by atoms with Crippen LogP contribution >= 0.6 is 11.3 Å². The van der Waals surface area contributed by atoms with E-state index >= 15 is 0 Å². The van der Waals surface area contributed by atoms with Crippen LogP contribution in [0.25, 0.3) is 10.6 Å². The highest BCUT2D eigenvalue weighted by molar-refractivity contribution is 7.15. The molecule has 0 radical (unpaired) electrons. The quantitative estimate of drug-likeness (QED) is 0.855. The van der Waals surface area contributed by atoms with Crippen molar-refractivity contribution in [2.24, 2.45) is 0 Å². The van der Waals surface area contributed by atoms with E-state index < -0.39 is 23.1 Å². The zero-order valence-electron chi connectivity index (χ0n) is 10.2. The molecule has 2 rings (SSSR count). The van der Waals surface area contributed by atoms with Crippen molar-refractivity contribution >= 4 is 17.3 Å². The van der Waals surface area contributed by atoms with Crippen LogP contribution in [-0.2, 0) is 12.4 Å². The third kappa shape index (κ3) is 3.40. The Hall–Kier alpha value is -1.91. The van der Waals surface area contributed by atoms with E-state index in [-0.39, 0.29) is 27.9 Å². The molecule has 0 amide bonds. The smallest absolute Gasteiger partial charge is 0.357 e. The van der Waals surface area contributed by atoms with Gasteiger partial charge in [0.05, 0.1) is 10.6 Å². The van der Waals surface area contributed by atoms with Crippen LogP contribution in [0.15, 0.2) is 12.3 Å². The number of hydrogen-bond acceptors (Lipinski definition) is 5. The predicted octanol–water partition coefficient (Wildman–Crippen LogP) is 3.68. The van der Waals surface area contributed by atoms with Gasteiger partial charge in [-0.3, -0.25) is 0 Å². The van der Waals surface area contributed by atoms with Crippen molar-refractivity contribution < 1.29 is 26.3 Å². The van der Waals surface area contributed by atoms with Gasteiger partial charge in [-0.05, 0) is 6.07 Å². The highest BCUT2D eigenvalue weighted by Crippen LogP contribution is 2.37. The van der Waals surface area contributed by atoms with E-state index in [4.69, 9.17) is 0 Å². The average Bonchev–Trinajstić information content (AvgIpc) is 2.86. The Morgan fingerprint density at radius 3 is 2.19 bits per heavy atom. The monoisotopic (exact) mass is 328 g/mol. The van der Waals surface area contributed by atoms with E-state index in [2.05, 4.69) is 20.3 Å². The molecule has 0 atom stereocenters. The highest BCUT2D eigenvalue weighted by atomic mass is 32.1. The summed E-state index contributed by atoms with van der Waals surface area (Å²) in [4.78, 5) is 9.94. The van der Waals surface area contributed by atoms with Crippen molar-refractivity contribution in [3.05, 3.63) is 23.0 Å². The number of halogens is 6. The predicted molar refractivity (Wildman–Crippen MR) is 62.7 cm³/mol. The summed E-state index contributed by atoms with van der Waals surface area (Å²) >= 11 is 0.210. The van der Waals surface area contributed by atoms with Gasteiger partial charge in [0.25, 0.3) is 0 Å². The molecule has 0 saturated carbocycles. The lowest BCUT2D eigenvalue weighted by Gasteiger charge is -2.09. The van der Waals surface area contributed by atoms with Crippen molar-refractivity contribution in [3.8, 4) is 10.6 Å². The fourth-order valence-corrected chi connectivity index (χ4v) is 2.10. The maximum atomic E-state index is 12.7. The van der Waals surface area contributed by atoms with Gasteiger partial charge in [-0.15, -0.1) is 11.3 Å². The molecule has 11 heteroatoms. The number of hydrogen-bond donors (Lipinski definition) is 1. The van der Waals surface area contributed by atoms with Gasteiger partial charge in [-0.1, -0.05) is 0 Å². The lowest BCUT2D eigenvalue weighted by atomic mass is 10.3. The third-order valence-corrected chi connectivity index (χ3v) is 3.31. The fourth-order valence-electron chi connectivity index (χ4n) is 1.35. The first-order chi connectivity index (χ1) is 9.61. The van der Waals surface area contributed by atoms with Crippen LogP contribution in [0.1, 0.15) is 10.7 Å². The summed E-state index contributed by atoms with van der Waals surface area (Å²) in [7, 11) is 1.30. The number of thiazole rings is 1. The molecule has 4 nitrogen and oxygen atoms in total. The largest absolute Gasteiger partial charge is 0.443 e. The Bertz CT molecular complexity index is 648. The van der Waals surface area contributed by atoms with Gasteiger partial charge in [-0.25, -0.2) is 15.0 Å². The van der Waals surface area contributed by atoms with E-state index in [1.54, 1.807) is 0 Å². The Labute approximate surface area is 117 Å². The second-order valence-corrected chi connectivity index (χ2v) is 4.77. The normalized spacial score (nSPS) is 12.5. The number of rotatable bonds is 2. The number of anilines is 1. The van der Waals surface area contributed by atoms with Gasteiger partial charge in [-0.2, -0.15) is 26.3 Å². The maximum absolute atomic E-state index is 12.7. The van der Waals surface area contributed by atoms with E-state index in [1.807, 2.05) is 0 Å². The van der Waals surface area contributed by atoms with Gasteiger partial charge >= 0.3 is 12.4 Å². The SMILES string of the molecule is CNc1nc(-c2cnc(C(F)(F)F)s2)cc(C(F)(F)F)n1. The van der Waals surface area contributed by atoms with Gasteiger partial charge < -0.3 is 5.32 Å². The van der Waals surface area contributed by atoms with Crippen LogP contribution in [-0.4, -0.2) is 22.0 Å². The summed E-state index contributed by atoms with van der Waals surface area (Å²) < 4.78 is 75.4. The Kier molecular flexibility index (Phi) is 3.78. The lowest BCUT2D eigenvalue weighted by molar-refractivity contribution is -0.141. The molecule has 0 aliphatic rings. The van der Waals surface area contributed by atoms with Crippen LogP contribution < -0.4 is 5.32 Å². The topological polar surface area (TPSA) is 50.7 Å². The maximum Gasteiger partial charge on any atom is 0.443 e. The van der Waals surface area contributed by atoms with Crippen molar-refractivity contribution in [1.29, 1.82) is 0 Å². The molecule has 0 aromatic carbocycles. The average molecular weight is 328 g/mol. The van der Waals surface area contributed by atoms with Crippen molar-refractivity contribution in [2.75, 3.05) is 12.4 Å².